The van der Waals surface area contributed by atoms with Crippen LogP contribution in [-0.4, -0.2) is 41.0 Å². The third-order valence-corrected chi connectivity index (χ3v) is 7.13. The lowest BCUT2D eigenvalue weighted by atomic mass is 9.77. The van der Waals surface area contributed by atoms with Crippen LogP contribution in [0.5, 0.6) is 0 Å². The van der Waals surface area contributed by atoms with Crippen molar-refractivity contribution in [2.45, 2.75) is 38.0 Å². The maximum absolute atomic E-state index is 12.6. The van der Waals surface area contributed by atoms with E-state index in [2.05, 4.69) is 88.9 Å². The zero-order valence-corrected chi connectivity index (χ0v) is 22.0. The number of amides is 1. The number of nitrogens with one attached hydrogen (secondary N) is 1. The number of imidazole rings is 1. The maximum atomic E-state index is 12.6. The molecular formula is C32H35N3O3. The highest BCUT2D eigenvalue weighted by Gasteiger charge is 2.38. The van der Waals surface area contributed by atoms with Gasteiger partial charge in [-0.15, -0.1) is 0 Å². The fourth-order valence-corrected chi connectivity index (χ4v) is 5.09. The third kappa shape index (κ3) is 5.57. The first-order valence-corrected chi connectivity index (χ1v) is 13.2. The minimum Gasteiger partial charge on any atom is -0.356 e. The van der Waals surface area contributed by atoms with Gasteiger partial charge in [-0.05, 0) is 37.0 Å². The van der Waals surface area contributed by atoms with Crippen molar-refractivity contribution in [2.75, 3.05) is 19.8 Å². The number of carbonyl (C=O) groups is 1. The standard InChI is InChI=1S/C32H35N3O3/c1-31(2)37-22-25(23-38-31)20-33-30(36)19-18-29-21-35(24-34-29)32(26-12-6-3-7-13-26,27-14-8-4-9-15-27)28-16-10-5-11-17-28/h3-17,21,24-25H,18-20,22-23H2,1-2H3,(H,33,36). The lowest BCUT2D eigenvalue weighted by molar-refractivity contribution is -0.261. The Labute approximate surface area is 224 Å². The Morgan fingerprint density at radius 2 is 1.39 bits per heavy atom. The second kappa shape index (κ2) is 11.3. The lowest BCUT2D eigenvalue weighted by Crippen LogP contribution is -2.43. The molecule has 0 spiro atoms. The zero-order chi connectivity index (χ0) is 26.4. The van der Waals surface area contributed by atoms with Crippen LogP contribution in [0.3, 0.4) is 0 Å². The van der Waals surface area contributed by atoms with Crippen LogP contribution < -0.4 is 5.32 Å². The summed E-state index contributed by atoms with van der Waals surface area (Å²) in [6.07, 6.45) is 4.88. The molecule has 1 aliphatic heterocycles. The molecule has 1 N–H and O–H groups in total. The topological polar surface area (TPSA) is 65.4 Å². The Morgan fingerprint density at radius 1 is 0.895 bits per heavy atom. The molecule has 5 rings (SSSR count). The number of carbonyl (C=O) groups excluding carboxylic acids is 1. The van der Waals surface area contributed by atoms with Crippen molar-refractivity contribution < 1.29 is 14.3 Å². The molecular weight excluding hydrogens is 474 g/mol. The summed E-state index contributed by atoms with van der Waals surface area (Å²) in [5.41, 5.74) is 3.68. The Morgan fingerprint density at radius 3 is 1.89 bits per heavy atom. The number of ether oxygens (including phenoxy) is 2. The molecule has 0 unspecified atom stereocenters. The molecule has 6 nitrogen and oxygen atoms in total. The van der Waals surface area contributed by atoms with E-state index in [4.69, 9.17) is 14.5 Å². The molecule has 4 aromatic rings. The molecule has 196 valence electrons. The van der Waals surface area contributed by atoms with Crippen LogP contribution in [0, 0.1) is 5.92 Å². The Balaban J connectivity index is 1.37. The van der Waals surface area contributed by atoms with Gasteiger partial charge in [0.1, 0.15) is 5.54 Å². The molecule has 0 saturated carbocycles. The smallest absolute Gasteiger partial charge is 0.220 e. The van der Waals surface area contributed by atoms with Gasteiger partial charge in [0.15, 0.2) is 5.79 Å². The number of aryl methyl sites for hydroxylation is 1. The van der Waals surface area contributed by atoms with Crippen LogP contribution in [0.1, 0.15) is 42.7 Å². The van der Waals surface area contributed by atoms with Gasteiger partial charge in [0.05, 0.1) is 25.2 Å². The van der Waals surface area contributed by atoms with E-state index in [0.29, 0.717) is 32.6 Å². The maximum Gasteiger partial charge on any atom is 0.220 e. The van der Waals surface area contributed by atoms with Crippen LogP contribution in [0.25, 0.3) is 0 Å². The molecule has 2 heterocycles. The number of aromatic nitrogens is 2. The van der Waals surface area contributed by atoms with E-state index >= 15 is 0 Å². The van der Waals surface area contributed by atoms with Crippen LogP contribution in [0.4, 0.5) is 0 Å². The SMILES string of the molecule is CC1(C)OCC(CNC(=O)CCc2cn(C(c3ccccc3)(c3ccccc3)c3ccccc3)cn2)CO1. The summed E-state index contributed by atoms with van der Waals surface area (Å²) in [5.74, 6) is -0.382. The normalized spacial score (nSPS) is 15.7. The first-order valence-electron chi connectivity index (χ1n) is 13.2. The number of hydrogen-bond acceptors (Lipinski definition) is 4. The van der Waals surface area contributed by atoms with Crippen LogP contribution in [0.2, 0.25) is 0 Å². The third-order valence-electron chi connectivity index (χ3n) is 7.13. The second-order valence-electron chi connectivity index (χ2n) is 10.3. The molecule has 0 atom stereocenters. The fourth-order valence-electron chi connectivity index (χ4n) is 5.09. The first kappa shape index (κ1) is 25.9. The summed E-state index contributed by atoms with van der Waals surface area (Å²) < 4.78 is 13.6. The van der Waals surface area contributed by atoms with Crippen LogP contribution >= 0.6 is 0 Å². The summed E-state index contributed by atoms with van der Waals surface area (Å²) in [6, 6.07) is 31.5. The predicted octanol–water partition coefficient (Wildman–Crippen LogP) is 5.17. The molecule has 6 heteroatoms. The molecule has 0 bridgehead atoms. The van der Waals surface area contributed by atoms with Crippen molar-refractivity contribution >= 4 is 5.91 Å². The monoisotopic (exact) mass is 509 g/mol. The largest absolute Gasteiger partial charge is 0.356 e. The van der Waals surface area contributed by atoms with Gasteiger partial charge in [-0.25, -0.2) is 4.98 Å². The molecule has 0 aliphatic carbocycles. The van der Waals surface area contributed by atoms with Crippen LogP contribution in [0.15, 0.2) is 104 Å². The van der Waals surface area contributed by atoms with E-state index in [1.807, 2.05) is 38.4 Å². The number of nitrogens with zero attached hydrogens (tertiary/aromatic N) is 2. The average Bonchev–Trinajstić information content (AvgIpc) is 3.43. The number of rotatable bonds is 9. The van der Waals surface area contributed by atoms with Gasteiger partial charge >= 0.3 is 0 Å². The molecule has 1 fully saturated rings. The lowest BCUT2D eigenvalue weighted by Gasteiger charge is -2.37. The molecule has 1 amide bonds. The van der Waals surface area contributed by atoms with E-state index in [1.165, 1.54) is 0 Å². The van der Waals surface area contributed by atoms with Gasteiger partial charge in [0.2, 0.25) is 5.91 Å². The average molecular weight is 510 g/mol. The molecule has 3 aromatic carbocycles. The highest BCUT2D eigenvalue weighted by atomic mass is 16.7. The number of hydrogen-bond donors (Lipinski definition) is 1. The van der Waals surface area contributed by atoms with Crippen molar-refractivity contribution in [1.29, 1.82) is 0 Å². The van der Waals surface area contributed by atoms with Crippen molar-refractivity contribution in [1.82, 2.24) is 14.9 Å². The van der Waals surface area contributed by atoms with Gasteiger partial charge in [0.25, 0.3) is 0 Å². The fraction of sp³-hybridized carbons (Fsp3) is 0.312. The van der Waals surface area contributed by atoms with Crippen molar-refractivity contribution in [3.05, 3.63) is 126 Å². The number of benzene rings is 3. The Kier molecular flexibility index (Phi) is 7.72. The van der Waals surface area contributed by atoms with E-state index in [-0.39, 0.29) is 11.8 Å². The minimum absolute atomic E-state index is 0.00447. The van der Waals surface area contributed by atoms with Crippen molar-refractivity contribution in [3.63, 3.8) is 0 Å². The van der Waals surface area contributed by atoms with Gasteiger partial charge in [-0.1, -0.05) is 91.0 Å². The van der Waals surface area contributed by atoms with E-state index < -0.39 is 11.3 Å². The summed E-state index contributed by atoms with van der Waals surface area (Å²) in [5, 5.41) is 3.03. The second-order valence-corrected chi connectivity index (χ2v) is 10.3. The highest BCUT2D eigenvalue weighted by molar-refractivity contribution is 5.76. The summed E-state index contributed by atoms with van der Waals surface area (Å²) in [6.45, 7) is 5.52. The van der Waals surface area contributed by atoms with E-state index in [0.717, 1.165) is 22.4 Å². The zero-order valence-electron chi connectivity index (χ0n) is 22.0. The van der Waals surface area contributed by atoms with Gasteiger partial charge in [0, 0.05) is 25.1 Å². The Hall–Kier alpha value is -3.74. The van der Waals surface area contributed by atoms with Crippen LogP contribution in [-0.2, 0) is 26.2 Å². The quantitative estimate of drug-likeness (QED) is 0.316. The van der Waals surface area contributed by atoms with Crippen molar-refractivity contribution in [3.8, 4) is 0 Å². The van der Waals surface area contributed by atoms with Gasteiger partial charge in [-0.3, -0.25) is 4.79 Å². The van der Waals surface area contributed by atoms with E-state index in [1.54, 1.807) is 0 Å². The molecule has 1 saturated heterocycles. The highest BCUT2D eigenvalue weighted by Crippen LogP contribution is 2.40. The van der Waals surface area contributed by atoms with E-state index in [9.17, 15) is 4.79 Å². The molecule has 38 heavy (non-hydrogen) atoms. The summed E-state index contributed by atoms with van der Waals surface area (Å²) in [7, 11) is 0. The molecule has 0 radical (unpaired) electrons. The van der Waals surface area contributed by atoms with Gasteiger partial charge < -0.3 is 19.4 Å². The minimum atomic E-state index is -0.605. The first-order chi connectivity index (χ1) is 18.5. The van der Waals surface area contributed by atoms with Gasteiger partial charge in [-0.2, -0.15) is 0 Å². The molecule has 1 aromatic heterocycles. The molecule has 1 aliphatic rings. The Bertz CT molecular complexity index is 1210. The summed E-state index contributed by atoms with van der Waals surface area (Å²) in [4.78, 5) is 17.4. The predicted molar refractivity (Wildman–Crippen MR) is 148 cm³/mol. The summed E-state index contributed by atoms with van der Waals surface area (Å²) >= 11 is 0. The van der Waals surface area contributed by atoms with Crippen molar-refractivity contribution in [2.24, 2.45) is 5.92 Å².